The van der Waals surface area contributed by atoms with Crippen molar-refractivity contribution in [1.82, 2.24) is 19.8 Å². The minimum Gasteiger partial charge on any atom is -0.508 e. The molecule has 0 bridgehead atoms. The summed E-state index contributed by atoms with van der Waals surface area (Å²) >= 11 is 0. The highest BCUT2D eigenvalue weighted by atomic mass is 16.5. The van der Waals surface area contributed by atoms with Gasteiger partial charge in [0.2, 0.25) is 0 Å². The van der Waals surface area contributed by atoms with Gasteiger partial charge in [0.05, 0.1) is 37.1 Å². The Morgan fingerprint density at radius 2 is 1.84 bits per heavy atom. The third kappa shape index (κ3) is 8.45. The van der Waals surface area contributed by atoms with Crippen molar-refractivity contribution < 1.29 is 19.7 Å². The fourth-order valence-corrected chi connectivity index (χ4v) is 5.96. The number of aromatic hydroxyl groups is 1. The minimum absolute atomic E-state index is 0.0487. The molecule has 1 atom stereocenters. The zero-order valence-electron chi connectivity index (χ0n) is 27.1. The van der Waals surface area contributed by atoms with Crippen molar-refractivity contribution >= 4 is 16.7 Å². The van der Waals surface area contributed by atoms with E-state index in [1.807, 2.05) is 32.0 Å². The molecular formula is C35H50N4O4. The van der Waals surface area contributed by atoms with Gasteiger partial charge in [-0.15, -0.1) is 0 Å². The molecule has 5 rings (SSSR count). The number of nitrogens with zero attached hydrogens (tertiary/aromatic N) is 4. The SMILES string of the molecule is CCCC(O)CCC(C)C.Cc1nc(OCC2(CN(C)C)CC2)nc2c1CN(C(=O)c1cc(O)cc3cccc(C)c13)C2. The van der Waals surface area contributed by atoms with Crippen LogP contribution >= 0.6 is 0 Å². The number of carbonyl (C=O) groups excluding carboxylic acids is 1. The summed E-state index contributed by atoms with van der Waals surface area (Å²) in [5.74, 6) is 0.700. The molecule has 1 aromatic heterocycles. The number of rotatable bonds is 11. The summed E-state index contributed by atoms with van der Waals surface area (Å²) in [4.78, 5) is 26.7. The van der Waals surface area contributed by atoms with Crippen LogP contribution in [0.1, 0.15) is 92.2 Å². The van der Waals surface area contributed by atoms with Gasteiger partial charge >= 0.3 is 6.01 Å². The van der Waals surface area contributed by atoms with Crippen LogP contribution < -0.4 is 4.74 Å². The van der Waals surface area contributed by atoms with Crippen LogP contribution in [0.15, 0.2) is 30.3 Å². The number of aliphatic hydroxyl groups is 1. The molecule has 1 amide bonds. The molecule has 1 fully saturated rings. The molecular weight excluding hydrogens is 540 g/mol. The summed E-state index contributed by atoms with van der Waals surface area (Å²) in [7, 11) is 4.16. The lowest BCUT2D eigenvalue weighted by molar-refractivity contribution is 0.0751. The second kappa shape index (κ2) is 14.0. The zero-order valence-corrected chi connectivity index (χ0v) is 27.1. The smallest absolute Gasteiger partial charge is 0.316 e. The van der Waals surface area contributed by atoms with Crippen molar-refractivity contribution in [1.29, 1.82) is 0 Å². The van der Waals surface area contributed by atoms with Crippen LogP contribution in [0.2, 0.25) is 0 Å². The molecule has 8 heteroatoms. The second-order valence-electron chi connectivity index (χ2n) is 13.3. The van der Waals surface area contributed by atoms with Gasteiger partial charge in [0.25, 0.3) is 5.91 Å². The van der Waals surface area contributed by atoms with Gasteiger partial charge < -0.3 is 24.7 Å². The minimum atomic E-state index is -0.118. The van der Waals surface area contributed by atoms with E-state index >= 15 is 0 Å². The number of carbonyl (C=O) groups is 1. The van der Waals surface area contributed by atoms with Gasteiger partial charge in [-0.1, -0.05) is 45.4 Å². The molecule has 1 unspecified atom stereocenters. The third-order valence-electron chi connectivity index (χ3n) is 8.47. The first-order valence-electron chi connectivity index (χ1n) is 15.7. The molecule has 0 spiro atoms. The fourth-order valence-electron chi connectivity index (χ4n) is 5.96. The first-order valence-corrected chi connectivity index (χ1v) is 15.7. The van der Waals surface area contributed by atoms with Crippen molar-refractivity contribution in [2.24, 2.45) is 11.3 Å². The Hall–Kier alpha value is -3.23. The summed E-state index contributed by atoms with van der Waals surface area (Å²) in [5.41, 5.74) is 4.38. The highest BCUT2D eigenvalue weighted by molar-refractivity contribution is 6.09. The van der Waals surface area contributed by atoms with E-state index in [2.05, 4.69) is 49.7 Å². The molecule has 0 saturated heterocycles. The van der Waals surface area contributed by atoms with Gasteiger partial charge in [-0.3, -0.25) is 4.79 Å². The van der Waals surface area contributed by atoms with Crippen molar-refractivity contribution in [3.63, 3.8) is 0 Å². The van der Waals surface area contributed by atoms with Crippen LogP contribution in [0.25, 0.3) is 10.8 Å². The molecule has 3 aromatic rings. The molecule has 2 heterocycles. The highest BCUT2D eigenvalue weighted by Gasteiger charge is 2.44. The number of aliphatic hydroxyl groups excluding tert-OH is 1. The van der Waals surface area contributed by atoms with Crippen LogP contribution in [0.3, 0.4) is 0 Å². The van der Waals surface area contributed by atoms with E-state index in [0.717, 1.165) is 84.3 Å². The van der Waals surface area contributed by atoms with E-state index in [-0.39, 0.29) is 23.2 Å². The van der Waals surface area contributed by atoms with E-state index in [0.29, 0.717) is 31.3 Å². The Labute approximate surface area is 257 Å². The number of ether oxygens (including phenoxy) is 1. The van der Waals surface area contributed by atoms with Crippen molar-refractivity contribution in [2.45, 2.75) is 92.3 Å². The second-order valence-corrected chi connectivity index (χ2v) is 13.3. The van der Waals surface area contributed by atoms with Crippen LogP contribution in [0, 0.1) is 25.2 Å². The standard InChI is InChI=1S/C26H30N4O3.C9H20O/c1-16-6-5-7-18-10-19(31)11-20(23(16)18)24(32)30-12-21-17(2)27-25(28-22(21)13-30)33-15-26(8-9-26)14-29(3)4;1-4-5-9(10)7-6-8(2)3/h5-7,10-11,31H,8-9,12-15H2,1-4H3;8-10H,4-7H2,1-3H3. The van der Waals surface area contributed by atoms with Crippen molar-refractivity contribution in [3.05, 3.63) is 58.4 Å². The van der Waals surface area contributed by atoms with Crippen molar-refractivity contribution in [2.75, 3.05) is 27.2 Å². The van der Waals surface area contributed by atoms with Crippen LogP contribution in [-0.2, 0) is 13.1 Å². The van der Waals surface area contributed by atoms with Gasteiger partial charge in [0.15, 0.2) is 0 Å². The summed E-state index contributed by atoms with van der Waals surface area (Å²) in [6.07, 6.45) is 6.47. The van der Waals surface area contributed by atoms with E-state index < -0.39 is 0 Å². The number of benzene rings is 2. The van der Waals surface area contributed by atoms with E-state index in [4.69, 9.17) is 4.74 Å². The Bertz CT molecular complexity index is 1420. The predicted octanol–water partition coefficient (Wildman–Crippen LogP) is 6.41. The largest absolute Gasteiger partial charge is 0.508 e. The maximum atomic E-state index is 13.5. The Morgan fingerprint density at radius 3 is 2.49 bits per heavy atom. The number of phenols is 1. The van der Waals surface area contributed by atoms with Crippen molar-refractivity contribution in [3.8, 4) is 11.8 Å². The Morgan fingerprint density at radius 1 is 1.09 bits per heavy atom. The molecule has 0 radical (unpaired) electrons. The van der Waals surface area contributed by atoms with E-state index in [9.17, 15) is 15.0 Å². The number of fused-ring (bicyclic) bond motifs is 2. The first kappa shape index (κ1) is 32.7. The molecule has 1 aliphatic heterocycles. The van der Waals surface area contributed by atoms with E-state index in [1.54, 1.807) is 17.0 Å². The number of aromatic nitrogens is 2. The van der Waals surface area contributed by atoms with Gasteiger partial charge in [-0.25, -0.2) is 4.98 Å². The molecule has 2 aromatic carbocycles. The molecule has 8 nitrogen and oxygen atoms in total. The highest BCUT2D eigenvalue weighted by Crippen LogP contribution is 2.46. The molecule has 1 saturated carbocycles. The molecule has 43 heavy (non-hydrogen) atoms. The van der Waals surface area contributed by atoms with Gasteiger partial charge in [0, 0.05) is 23.2 Å². The first-order chi connectivity index (χ1) is 20.4. The predicted molar refractivity (Wildman–Crippen MR) is 171 cm³/mol. The number of hydrogen-bond acceptors (Lipinski definition) is 7. The van der Waals surface area contributed by atoms with E-state index in [1.165, 1.54) is 0 Å². The average molecular weight is 591 g/mol. The normalized spacial score (nSPS) is 15.8. The monoisotopic (exact) mass is 590 g/mol. The third-order valence-corrected chi connectivity index (χ3v) is 8.47. The molecule has 2 aliphatic rings. The zero-order chi connectivity index (χ0) is 31.3. The van der Waals surface area contributed by atoms with Crippen LogP contribution in [-0.4, -0.2) is 69.2 Å². The van der Waals surface area contributed by atoms with Gasteiger partial charge in [0.1, 0.15) is 5.75 Å². The average Bonchev–Trinajstić information content (AvgIpc) is 3.55. The summed E-state index contributed by atoms with van der Waals surface area (Å²) < 4.78 is 6.02. The number of aryl methyl sites for hydroxylation is 2. The number of phenolic OH excluding ortho intramolecular Hbond substituents is 1. The molecule has 234 valence electrons. The number of amides is 1. The quantitative estimate of drug-likeness (QED) is 0.266. The maximum Gasteiger partial charge on any atom is 0.316 e. The topological polar surface area (TPSA) is 99.0 Å². The maximum absolute atomic E-state index is 13.5. The number of hydrogen-bond donors (Lipinski definition) is 2. The van der Waals surface area contributed by atoms with Crippen LogP contribution in [0.5, 0.6) is 11.8 Å². The molecule has 2 N–H and O–H groups in total. The Kier molecular flexibility index (Phi) is 10.7. The fraction of sp³-hybridized carbons (Fsp3) is 0.571. The van der Waals surface area contributed by atoms with Crippen LogP contribution in [0.4, 0.5) is 0 Å². The Balaban J connectivity index is 0.000000365. The van der Waals surface area contributed by atoms with Gasteiger partial charge in [-0.2, -0.15) is 4.98 Å². The lowest BCUT2D eigenvalue weighted by Crippen LogP contribution is -2.28. The summed E-state index contributed by atoms with van der Waals surface area (Å²) in [5, 5.41) is 21.2. The lowest BCUT2D eigenvalue weighted by atomic mass is 9.98. The van der Waals surface area contributed by atoms with Gasteiger partial charge in [-0.05, 0) is 94.4 Å². The summed E-state index contributed by atoms with van der Waals surface area (Å²) in [6, 6.07) is 9.48. The summed E-state index contributed by atoms with van der Waals surface area (Å²) in [6.45, 7) is 12.9. The lowest BCUT2D eigenvalue weighted by Gasteiger charge is -2.20. The molecule has 1 aliphatic carbocycles.